The van der Waals surface area contributed by atoms with E-state index < -0.39 is 17.5 Å². The third-order valence-electron chi connectivity index (χ3n) is 2.38. The maximum atomic E-state index is 13.4. The summed E-state index contributed by atoms with van der Waals surface area (Å²) in [4.78, 5) is 15.4. The van der Waals surface area contributed by atoms with Gasteiger partial charge in [-0.1, -0.05) is 0 Å². The van der Waals surface area contributed by atoms with Crippen molar-refractivity contribution in [1.29, 1.82) is 0 Å². The first-order valence-electron chi connectivity index (χ1n) is 5.18. The summed E-state index contributed by atoms with van der Waals surface area (Å²) in [6.07, 6.45) is 2.37. The molecule has 1 aromatic heterocycles. The van der Waals surface area contributed by atoms with Crippen LogP contribution in [0.2, 0.25) is 0 Å². The Balaban J connectivity index is 2.30. The Morgan fingerprint density at radius 3 is 2.74 bits per heavy atom. The topological polar surface area (TPSA) is 88.2 Å². The molecule has 0 radical (unpaired) electrons. The summed E-state index contributed by atoms with van der Waals surface area (Å²) >= 11 is 0. The molecule has 1 heterocycles. The number of nitrogens with zero attached hydrogens (tertiary/aromatic N) is 1. The van der Waals surface area contributed by atoms with Crippen LogP contribution < -0.4 is 11.1 Å². The minimum Gasteiger partial charge on any atom is -0.505 e. The predicted molar refractivity (Wildman–Crippen MR) is 64.6 cm³/mol. The standard InChI is InChI=1S/C12H9F2N3O2/c13-7-3-8(14)10(4-9(7)15)17-12(19)6-1-2-16-5-11(6)18/h1-5,18H,15H2,(H,17,19). The normalized spacial score (nSPS) is 10.2. The molecule has 4 N–H and O–H groups in total. The minimum absolute atomic E-state index is 0.0858. The Labute approximate surface area is 106 Å². The quantitative estimate of drug-likeness (QED) is 0.723. The van der Waals surface area contributed by atoms with Gasteiger partial charge in [0.2, 0.25) is 0 Å². The van der Waals surface area contributed by atoms with Gasteiger partial charge in [-0.05, 0) is 12.1 Å². The van der Waals surface area contributed by atoms with Gasteiger partial charge >= 0.3 is 0 Å². The molecule has 5 nitrogen and oxygen atoms in total. The van der Waals surface area contributed by atoms with Gasteiger partial charge in [0.25, 0.3) is 5.91 Å². The smallest absolute Gasteiger partial charge is 0.259 e. The fourth-order valence-electron chi connectivity index (χ4n) is 1.43. The van der Waals surface area contributed by atoms with E-state index in [0.29, 0.717) is 6.07 Å². The zero-order valence-electron chi connectivity index (χ0n) is 9.52. The lowest BCUT2D eigenvalue weighted by Gasteiger charge is -2.08. The molecule has 0 bridgehead atoms. The first-order valence-corrected chi connectivity index (χ1v) is 5.18. The van der Waals surface area contributed by atoms with Gasteiger partial charge in [0.1, 0.15) is 17.4 Å². The van der Waals surface area contributed by atoms with E-state index in [-0.39, 0.29) is 22.7 Å². The Morgan fingerprint density at radius 1 is 1.32 bits per heavy atom. The second-order valence-corrected chi connectivity index (χ2v) is 3.70. The Morgan fingerprint density at radius 2 is 2.05 bits per heavy atom. The molecule has 1 amide bonds. The van der Waals surface area contributed by atoms with Gasteiger partial charge in [0.15, 0.2) is 0 Å². The second-order valence-electron chi connectivity index (χ2n) is 3.70. The van der Waals surface area contributed by atoms with Crippen molar-refractivity contribution >= 4 is 17.3 Å². The third kappa shape index (κ3) is 2.59. The highest BCUT2D eigenvalue weighted by Gasteiger charge is 2.14. The van der Waals surface area contributed by atoms with Crippen LogP contribution in [0.5, 0.6) is 5.75 Å². The van der Waals surface area contributed by atoms with Crippen molar-refractivity contribution in [3.05, 3.63) is 47.8 Å². The molecule has 7 heteroatoms. The number of hydrogen-bond acceptors (Lipinski definition) is 4. The lowest BCUT2D eigenvalue weighted by molar-refractivity contribution is 0.102. The van der Waals surface area contributed by atoms with Crippen molar-refractivity contribution in [2.45, 2.75) is 0 Å². The number of benzene rings is 1. The highest BCUT2D eigenvalue weighted by atomic mass is 19.1. The lowest BCUT2D eigenvalue weighted by atomic mass is 10.2. The number of carbonyl (C=O) groups is 1. The molecule has 2 aromatic rings. The number of nitrogen functional groups attached to an aromatic ring is 1. The molecule has 0 aliphatic rings. The molecular formula is C12H9F2N3O2. The molecule has 0 aliphatic carbocycles. The number of pyridine rings is 1. The second kappa shape index (κ2) is 4.89. The van der Waals surface area contributed by atoms with Gasteiger partial charge in [0, 0.05) is 12.3 Å². The van der Waals surface area contributed by atoms with E-state index in [2.05, 4.69) is 10.3 Å². The number of aromatic nitrogens is 1. The maximum Gasteiger partial charge on any atom is 0.259 e. The van der Waals surface area contributed by atoms with Crippen LogP contribution in [0.1, 0.15) is 10.4 Å². The lowest BCUT2D eigenvalue weighted by Crippen LogP contribution is -2.14. The predicted octanol–water partition coefficient (Wildman–Crippen LogP) is 1.90. The summed E-state index contributed by atoms with van der Waals surface area (Å²) in [5.41, 5.74) is 4.62. The van der Waals surface area contributed by atoms with Gasteiger partial charge in [0.05, 0.1) is 23.1 Å². The van der Waals surface area contributed by atoms with Crippen molar-refractivity contribution in [3.63, 3.8) is 0 Å². The fourth-order valence-corrected chi connectivity index (χ4v) is 1.43. The third-order valence-corrected chi connectivity index (χ3v) is 2.38. The summed E-state index contributed by atoms with van der Waals surface area (Å²) < 4.78 is 26.4. The average molecular weight is 265 g/mol. The van der Waals surface area contributed by atoms with E-state index >= 15 is 0 Å². The van der Waals surface area contributed by atoms with E-state index in [1.165, 1.54) is 12.3 Å². The van der Waals surface area contributed by atoms with Gasteiger partial charge in [-0.2, -0.15) is 0 Å². The Bertz CT molecular complexity index is 647. The molecule has 0 unspecified atom stereocenters. The van der Waals surface area contributed by atoms with Gasteiger partial charge < -0.3 is 16.2 Å². The molecule has 1 aromatic carbocycles. The summed E-state index contributed by atoms with van der Waals surface area (Å²) in [5, 5.41) is 11.6. The summed E-state index contributed by atoms with van der Waals surface area (Å²) in [5.74, 6) is -2.99. The van der Waals surface area contributed by atoms with Crippen molar-refractivity contribution in [2.24, 2.45) is 0 Å². The van der Waals surface area contributed by atoms with Crippen LogP contribution in [0.15, 0.2) is 30.6 Å². The van der Waals surface area contributed by atoms with Gasteiger partial charge in [-0.15, -0.1) is 0 Å². The van der Waals surface area contributed by atoms with E-state index in [0.717, 1.165) is 12.3 Å². The van der Waals surface area contributed by atoms with Crippen LogP contribution in [0, 0.1) is 11.6 Å². The molecule has 2 rings (SSSR count). The fraction of sp³-hybridized carbons (Fsp3) is 0. The zero-order valence-corrected chi connectivity index (χ0v) is 9.52. The average Bonchev–Trinajstić information content (AvgIpc) is 2.36. The summed E-state index contributed by atoms with van der Waals surface area (Å²) in [6, 6.07) is 2.79. The highest BCUT2D eigenvalue weighted by molar-refractivity contribution is 6.06. The summed E-state index contributed by atoms with van der Waals surface area (Å²) in [7, 11) is 0. The van der Waals surface area contributed by atoms with E-state index in [1.807, 2.05) is 0 Å². The number of nitrogens with two attached hydrogens (primary N) is 1. The number of carbonyl (C=O) groups excluding carboxylic acids is 1. The SMILES string of the molecule is Nc1cc(NC(=O)c2ccncc2O)c(F)cc1F. The van der Waals surface area contributed by atoms with Crippen LogP contribution in [0.4, 0.5) is 20.2 Å². The van der Waals surface area contributed by atoms with E-state index in [4.69, 9.17) is 5.73 Å². The molecule has 98 valence electrons. The molecule has 0 atom stereocenters. The number of hydrogen-bond donors (Lipinski definition) is 3. The number of aromatic hydroxyl groups is 1. The number of rotatable bonds is 2. The van der Waals surface area contributed by atoms with E-state index in [9.17, 15) is 18.7 Å². The molecule has 19 heavy (non-hydrogen) atoms. The summed E-state index contributed by atoms with van der Waals surface area (Å²) in [6.45, 7) is 0. The zero-order chi connectivity index (χ0) is 14.0. The van der Waals surface area contributed by atoms with E-state index in [1.54, 1.807) is 0 Å². The monoisotopic (exact) mass is 265 g/mol. The minimum atomic E-state index is -0.964. The van der Waals surface area contributed by atoms with Crippen molar-refractivity contribution in [1.82, 2.24) is 4.98 Å². The van der Waals surface area contributed by atoms with Crippen LogP contribution in [-0.2, 0) is 0 Å². The molecule has 0 aliphatic heterocycles. The highest BCUT2D eigenvalue weighted by Crippen LogP contribution is 2.23. The molecule has 0 fully saturated rings. The molecule has 0 spiro atoms. The van der Waals surface area contributed by atoms with Crippen LogP contribution >= 0.6 is 0 Å². The van der Waals surface area contributed by atoms with Gasteiger partial charge in [-0.3, -0.25) is 9.78 Å². The molecule has 0 saturated heterocycles. The van der Waals surface area contributed by atoms with Crippen molar-refractivity contribution in [3.8, 4) is 5.75 Å². The maximum absolute atomic E-state index is 13.4. The largest absolute Gasteiger partial charge is 0.505 e. The number of amides is 1. The first kappa shape index (κ1) is 12.7. The van der Waals surface area contributed by atoms with Crippen LogP contribution in [0.3, 0.4) is 0 Å². The van der Waals surface area contributed by atoms with Crippen LogP contribution in [-0.4, -0.2) is 16.0 Å². The Hall–Kier alpha value is -2.70. The van der Waals surface area contributed by atoms with Crippen molar-refractivity contribution < 1.29 is 18.7 Å². The first-order chi connectivity index (χ1) is 8.99. The Kier molecular flexibility index (Phi) is 3.28. The molecule has 0 saturated carbocycles. The van der Waals surface area contributed by atoms with Gasteiger partial charge in [-0.25, -0.2) is 8.78 Å². The number of halogens is 2. The molecular weight excluding hydrogens is 256 g/mol. The number of anilines is 2. The van der Waals surface area contributed by atoms with Crippen LogP contribution in [0.25, 0.3) is 0 Å². The van der Waals surface area contributed by atoms with Crippen molar-refractivity contribution in [2.75, 3.05) is 11.1 Å². The number of nitrogens with one attached hydrogen (secondary N) is 1.